The van der Waals surface area contributed by atoms with Crippen molar-refractivity contribution in [1.29, 1.82) is 0 Å². The standard InChI is InChI=1S/C21H20N2O5S/c1-2-23-20(27)18(29-21(23)22-15-5-7-16(24)8-6-15)13-14-3-9-17(10-4-14)28-12-11-19(25)26/h3-10,13,24H,2,11-12H2,1H3,(H,25,26)/b18-13-,22-21?. The van der Waals surface area contributed by atoms with E-state index in [4.69, 9.17) is 9.84 Å². The molecule has 1 aliphatic rings. The molecular weight excluding hydrogens is 392 g/mol. The molecule has 1 amide bonds. The van der Waals surface area contributed by atoms with Crippen LogP contribution in [0.1, 0.15) is 18.9 Å². The number of amides is 1. The number of carboxylic acids is 1. The molecule has 150 valence electrons. The summed E-state index contributed by atoms with van der Waals surface area (Å²) in [6.45, 7) is 2.49. The minimum Gasteiger partial charge on any atom is -0.508 e. The van der Waals surface area contributed by atoms with Gasteiger partial charge in [-0.15, -0.1) is 0 Å². The van der Waals surface area contributed by atoms with E-state index in [1.165, 1.54) is 11.8 Å². The van der Waals surface area contributed by atoms with E-state index in [1.807, 2.05) is 19.1 Å². The van der Waals surface area contributed by atoms with Gasteiger partial charge in [0.2, 0.25) is 0 Å². The van der Waals surface area contributed by atoms with Crippen LogP contribution in [-0.2, 0) is 9.59 Å². The van der Waals surface area contributed by atoms with Gasteiger partial charge in [-0.05, 0) is 66.7 Å². The Labute approximate surface area is 172 Å². The van der Waals surface area contributed by atoms with E-state index >= 15 is 0 Å². The van der Waals surface area contributed by atoms with Crippen LogP contribution >= 0.6 is 11.8 Å². The van der Waals surface area contributed by atoms with Crippen LogP contribution < -0.4 is 4.74 Å². The number of carbonyl (C=O) groups is 2. The maximum absolute atomic E-state index is 12.7. The third-order valence-electron chi connectivity index (χ3n) is 4.04. The molecule has 1 fully saturated rings. The number of thioether (sulfide) groups is 1. The first-order valence-electron chi connectivity index (χ1n) is 9.00. The number of carboxylic acid groups (broad SMARTS) is 1. The molecule has 0 radical (unpaired) electrons. The summed E-state index contributed by atoms with van der Waals surface area (Å²) in [6, 6.07) is 13.6. The van der Waals surface area contributed by atoms with Crippen molar-refractivity contribution in [2.45, 2.75) is 13.3 Å². The largest absolute Gasteiger partial charge is 0.508 e. The van der Waals surface area contributed by atoms with Crippen molar-refractivity contribution in [3.63, 3.8) is 0 Å². The van der Waals surface area contributed by atoms with Crippen LogP contribution in [0.25, 0.3) is 6.08 Å². The topological polar surface area (TPSA) is 99.4 Å². The molecule has 8 heteroatoms. The van der Waals surface area contributed by atoms with Gasteiger partial charge in [-0.1, -0.05) is 12.1 Å². The third kappa shape index (κ3) is 5.39. The summed E-state index contributed by atoms with van der Waals surface area (Å²) < 4.78 is 5.37. The predicted octanol–water partition coefficient (Wildman–Crippen LogP) is 3.87. The minimum atomic E-state index is -0.909. The molecule has 3 rings (SSSR count). The highest BCUT2D eigenvalue weighted by atomic mass is 32.2. The first-order valence-corrected chi connectivity index (χ1v) is 9.81. The summed E-state index contributed by atoms with van der Waals surface area (Å²) in [6.07, 6.45) is 1.73. The number of phenols is 1. The number of hydrogen-bond donors (Lipinski definition) is 2. The lowest BCUT2D eigenvalue weighted by atomic mass is 10.2. The fourth-order valence-corrected chi connectivity index (χ4v) is 3.64. The van der Waals surface area contributed by atoms with Gasteiger partial charge in [0.25, 0.3) is 5.91 Å². The Morgan fingerprint density at radius 2 is 1.86 bits per heavy atom. The minimum absolute atomic E-state index is 0.0626. The zero-order chi connectivity index (χ0) is 20.8. The lowest BCUT2D eigenvalue weighted by Crippen LogP contribution is -2.28. The number of benzene rings is 2. The smallest absolute Gasteiger partial charge is 0.306 e. The molecule has 1 saturated heterocycles. The van der Waals surface area contributed by atoms with E-state index in [2.05, 4.69) is 4.99 Å². The molecule has 0 aliphatic carbocycles. The van der Waals surface area contributed by atoms with Gasteiger partial charge in [0.15, 0.2) is 5.17 Å². The molecule has 1 aliphatic heterocycles. The van der Waals surface area contributed by atoms with Gasteiger partial charge in [0.05, 0.1) is 23.6 Å². The number of aromatic hydroxyl groups is 1. The van der Waals surface area contributed by atoms with E-state index < -0.39 is 5.97 Å². The van der Waals surface area contributed by atoms with Crippen LogP contribution in [0.3, 0.4) is 0 Å². The molecular formula is C21H20N2O5S. The number of ether oxygens (including phenoxy) is 1. The monoisotopic (exact) mass is 412 g/mol. The summed E-state index contributed by atoms with van der Waals surface area (Å²) in [5.41, 5.74) is 1.48. The highest BCUT2D eigenvalue weighted by Crippen LogP contribution is 2.34. The Hall–Kier alpha value is -3.26. The number of amidine groups is 1. The molecule has 0 saturated carbocycles. The van der Waals surface area contributed by atoms with E-state index in [1.54, 1.807) is 47.4 Å². The van der Waals surface area contributed by atoms with Gasteiger partial charge in [-0.25, -0.2) is 4.99 Å². The molecule has 0 bridgehead atoms. The lowest BCUT2D eigenvalue weighted by molar-refractivity contribution is -0.137. The average molecular weight is 412 g/mol. The lowest BCUT2D eigenvalue weighted by Gasteiger charge is -2.11. The molecule has 0 aromatic heterocycles. The summed E-state index contributed by atoms with van der Waals surface area (Å²) in [5.74, 6) is -0.291. The van der Waals surface area contributed by atoms with Crippen molar-refractivity contribution < 1.29 is 24.5 Å². The Morgan fingerprint density at radius 3 is 2.48 bits per heavy atom. The van der Waals surface area contributed by atoms with Gasteiger partial charge in [0, 0.05) is 6.54 Å². The van der Waals surface area contributed by atoms with Crippen molar-refractivity contribution in [1.82, 2.24) is 4.90 Å². The van der Waals surface area contributed by atoms with E-state index in [-0.39, 0.29) is 24.7 Å². The maximum Gasteiger partial charge on any atom is 0.306 e. The number of aliphatic imine (C=N–C) groups is 1. The molecule has 2 aromatic carbocycles. The number of nitrogens with zero attached hydrogens (tertiary/aromatic N) is 2. The quantitative estimate of drug-likeness (QED) is 0.670. The second-order valence-electron chi connectivity index (χ2n) is 6.13. The van der Waals surface area contributed by atoms with Gasteiger partial charge in [-0.2, -0.15) is 0 Å². The molecule has 7 nitrogen and oxygen atoms in total. The zero-order valence-corrected chi connectivity index (χ0v) is 16.6. The molecule has 2 aromatic rings. The number of phenolic OH excluding ortho intramolecular Hbond substituents is 1. The van der Waals surface area contributed by atoms with Crippen LogP contribution in [0, 0.1) is 0 Å². The van der Waals surface area contributed by atoms with Crippen LogP contribution in [0.5, 0.6) is 11.5 Å². The van der Waals surface area contributed by atoms with Crippen molar-refractivity contribution in [2.75, 3.05) is 13.2 Å². The summed E-state index contributed by atoms with van der Waals surface area (Å²) in [4.78, 5) is 29.9. The van der Waals surface area contributed by atoms with Crippen LogP contribution in [0.4, 0.5) is 5.69 Å². The summed E-state index contributed by atoms with van der Waals surface area (Å²) in [5, 5.41) is 18.6. The Balaban J connectivity index is 1.74. The molecule has 0 atom stereocenters. The molecule has 2 N–H and O–H groups in total. The second-order valence-corrected chi connectivity index (χ2v) is 7.14. The highest BCUT2D eigenvalue weighted by molar-refractivity contribution is 8.18. The Morgan fingerprint density at radius 1 is 1.17 bits per heavy atom. The van der Waals surface area contributed by atoms with Crippen molar-refractivity contribution in [3.8, 4) is 11.5 Å². The van der Waals surface area contributed by atoms with Crippen LogP contribution in [0.15, 0.2) is 58.4 Å². The summed E-state index contributed by atoms with van der Waals surface area (Å²) >= 11 is 1.30. The Bertz CT molecular complexity index is 952. The van der Waals surface area contributed by atoms with Gasteiger partial charge >= 0.3 is 5.97 Å². The number of aliphatic carboxylic acids is 1. The second kappa shape index (κ2) is 9.29. The van der Waals surface area contributed by atoms with E-state index in [9.17, 15) is 14.7 Å². The van der Waals surface area contributed by atoms with Gasteiger partial charge in [0.1, 0.15) is 11.5 Å². The SMILES string of the molecule is CCN1C(=O)/C(=C/c2ccc(OCCC(=O)O)cc2)SC1=Nc1ccc(O)cc1. The molecule has 0 unspecified atom stereocenters. The number of hydrogen-bond acceptors (Lipinski definition) is 6. The van der Waals surface area contributed by atoms with E-state index in [0.717, 1.165) is 5.56 Å². The fourth-order valence-electron chi connectivity index (χ4n) is 2.58. The number of carbonyl (C=O) groups excluding carboxylic acids is 1. The first-order chi connectivity index (χ1) is 14.0. The van der Waals surface area contributed by atoms with Crippen molar-refractivity contribution in [3.05, 3.63) is 59.0 Å². The van der Waals surface area contributed by atoms with E-state index in [0.29, 0.717) is 28.1 Å². The third-order valence-corrected chi connectivity index (χ3v) is 5.05. The number of likely N-dealkylation sites (N-methyl/N-ethyl adjacent to an activating group) is 1. The molecule has 1 heterocycles. The highest BCUT2D eigenvalue weighted by Gasteiger charge is 2.32. The zero-order valence-electron chi connectivity index (χ0n) is 15.7. The molecule has 29 heavy (non-hydrogen) atoms. The fraction of sp³-hybridized carbons (Fsp3) is 0.190. The van der Waals surface area contributed by atoms with Gasteiger partial charge in [-0.3, -0.25) is 14.5 Å². The molecule has 0 spiro atoms. The number of rotatable bonds is 7. The average Bonchev–Trinajstić information content (AvgIpc) is 2.99. The summed E-state index contributed by atoms with van der Waals surface area (Å²) in [7, 11) is 0. The normalized spacial score (nSPS) is 16.6. The maximum atomic E-state index is 12.7. The van der Waals surface area contributed by atoms with Crippen LogP contribution in [-0.4, -0.2) is 45.3 Å². The first kappa shape index (κ1) is 20.5. The van der Waals surface area contributed by atoms with Crippen molar-refractivity contribution >= 4 is 40.6 Å². The van der Waals surface area contributed by atoms with Crippen LogP contribution in [0.2, 0.25) is 0 Å². The Kier molecular flexibility index (Phi) is 6.56. The van der Waals surface area contributed by atoms with Crippen molar-refractivity contribution in [2.24, 2.45) is 4.99 Å². The predicted molar refractivity (Wildman–Crippen MR) is 112 cm³/mol. The van der Waals surface area contributed by atoms with Gasteiger partial charge < -0.3 is 14.9 Å².